The smallest absolute Gasteiger partial charge is 0.146 e. The molecule has 0 aromatic heterocycles. The van der Waals surface area contributed by atoms with Crippen molar-refractivity contribution in [2.45, 2.75) is 19.4 Å². The van der Waals surface area contributed by atoms with Gasteiger partial charge in [-0.1, -0.05) is 18.2 Å². The zero-order valence-electron chi connectivity index (χ0n) is 9.36. The average Bonchev–Trinajstić information content (AvgIpc) is 2.30. The number of hydrogen-bond donors (Lipinski definition) is 1. The fourth-order valence-electron chi connectivity index (χ4n) is 1.90. The molecule has 0 bridgehead atoms. The van der Waals surface area contributed by atoms with Gasteiger partial charge in [0.2, 0.25) is 0 Å². The molecule has 0 fully saturated rings. The van der Waals surface area contributed by atoms with Crippen LogP contribution in [0.4, 0.5) is 10.1 Å². The third-order valence-electron chi connectivity index (χ3n) is 2.85. The van der Waals surface area contributed by atoms with Crippen molar-refractivity contribution >= 4 is 5.69 Å². The van der Waals surface area contributed by atoms with Crippen LogP contribution < -0.4 is 4.90 Å². The Kier molecular flexibility index (Phi) is 3.25. The number of aliphatic hydroxyl groups is 1. The predicted octanol–water partition coefficient (Wildman–Crippen LogP) is 2.65. The molecule has 1 aromatic carbocycles. The van der Waals surface area contributed by atoms with E-state index in [1.54, 1.807) is 19.1 Å². The van der Waals surface area contributed by atoms with Gasteiger partial charge in [-0.05, 0) is 31.0 Å². The number of nitrogens with zero attached hydrogens (tertiary/aromatic N) is 1. The Balaban J connectivity index is 2.25. The molecule has 0 saturated heterocycles. The van der Waals surface area contributed by atoms with E-state index in [1.165, 1.54) is 6.07 Å². The van der Waals surface area contributed by atoms with Crippen molar-refractivity contribution in [1.29, 1.82) is 0 Å². The van der Waals surface area contributed by atoms with Gasteiger partial charge in [-0.3, -0.25) is 0 Å². The maximum absolute atomic E-state index is 13.8. The fraction of sp³-hybridized carbons (Fsp3) is 0.385. The summed E-state index contributed by atoms with van der Waals surface area (Å²) in [5.74, 6) is -0.256. The van der Waals surface area contributed by atoms with Crippen LogP contribution in [0.3, 0.4) is 0 Å². The highest BCUT2D eigenvalue weighted by atomic mass is 19.1. The molecule has 1 aromatic rings. The quantitative estimate of drug-likeness (QED) is 0.776. The first kappa shape index (κ1) is 11.1. The van der Waals surface area contributed by atoms with Crippen LogP contribution in [-0.4, -0.2) is 18.2 Å². The van der Waals surface area contributed by atoms with Gasteiger partial charge >= 0.3 is 0 Å². The van der Waals surface area contributed by atoms with Gasteiger partial charge in [-0.2, -0.15) is 0 Å². The molecule has 0 saturated carbocycles. The lowest BCUT2D eigenvalue weighted by molar-refractivity contribution is 0.199. The molecule has 86 valence electrons. The maximum atomic E-state index is 13.8. The fourth-order valence-corrected chi connectivity index (χ4v) is 1.90. The lowest BCUT2D eigenvalue weighted by Crippen LogP contribution is -2.27. The Morgan fingerprint density at radius 3 is 2.75 bits per heavy atom. The van der Waals surface area contributed by atoms with Crippen molar-refractivity contribution in [3.05, 3.63) is 41.7 Å². The van der Waals surface area contributed by atoms with E-state index in [1.807, 2.05) is 11.0 Å². The molecule has 16 heavy (non-hydrogen) atoms. The predicted molar refractivity (Wildman–Crippen MR) is 63.0 cm³/mol. The number of benzene rings is 1. The monoisotopic (exact) mass is 221 g/mol. The van der Waals surface area contributed by atoms with E-state index in [2.05, 4.69) is 6.08 Å². The maximum Gasteiger partial charge on any atom is 0.146 e. The molecular formula is C13H16FNO. The molecule has 0 aliphatic carbocycles. The number of hydrogen-bond acceptors (Lipinski definition) is 2. The molecule has 0 radical (unpaired) electrons. The zero-order chi connectivity index (χ0) is 11.5. The summed E-state index contributed by atoms with van der Waals surface area (Å²) in [6.45, 7) is 3.24. The van der Waals surface area contributed by atoms with Crippen molar-refractivity contribution in [3.63, 3.8) is 0 Å². The minimum absolute atomic E-state index is 0.256. The molecule has 3 heteroatoms. The van der Waals surface area contributed by atoms with Crippen LogP contribution >= 0.6 is 0 Å². The SMILES string of the molecule is C[C@@H](O)c1ccc(N2CC=CCC2)c(F)c1. The molecular weight excluding hydrogens is 205 g/mol. The van der Waals surface area contributed by atoms with Gasteiger partial charge in [0.1, 0.15) is 5.82 Å². The van der Waals surface area contributed by atoms with E-state index in [4.69, 9.17) is 0 Å². The van der Waals surface area contributed by atoms with E-state index >= 15 is 0 Å². The normalized spacial score (nSPS) is 17.6. The van der Waals surface area contributed by atoms with E-state index in [0.717, 1.165) is 19.5 Å². The number of aliphatic hydroxyl groups excluding tert-OH is 1. The van der Waals surface area contributed by atoms with Gasteiger partial charge in [0.25, 0.3) is 0 Å². The number of rotatable bonds is 2. The molecule has 1 aliphatic rings. The Hall–Kier alpha value is -1.35. The summed E-state index contributed by atoms with van der Waals surface area (Å²) < 4.78 is 13.8. The number of anilines is 1. The van der Waals surface area contributed by atoms with Crippen LogP contribution in [0.15, 0.2) is 30.4 Å². The summed E-state index contributed by atoms with van der Waals surface area (Å²) in [6, 6.07) is 4.94. The van der Waals surface area contributed by atoms with Crippen LogP contribution in [0, 0.1) is 5.82 Å². The van der Waals surface area contributed by atoms with E-state index in [-0.39, 0.29) is 5.82 Å². The van der Waals surface area contributed by atoms with E-state index in [0.29, 0.717) is 11.3 Å². The summed E-state index contributed by atoms with van der Waals surface area (Å²) in [7, 11) is 0. The Morgan fingerprint density at radius 2 is 2.19 bits per heavy atom. The molecule has 2 rings (SSSR count). The van der Waals surface area contributed by atoms with E-state index in [9.17, 15) is 9.50 Å². The average molecular weight is 221 g/mol. The van der Waals surface area contributed by atoms with Gasteiger partial charge in [0, 0.05) is 13.1 Å². The van der Waals surface area contributed by atoms with Crippen molar-refractivity contribution < 1.29 is 9.50 Å². The van der Waals surface area contributed by atoms with E-state index < -0.39 is 6.10 Å². The van der Waals surface area contributed by atoms with Gasteiger partial charge in [0.15, 0.2) is 0 Å². The Labute approximate surface area is 95.0 Å². The molecule has 2 nitrogen and oxygen atoms in total. The lowest BCUT2D eigenvalue weighted by atomic mass is 10.1. The first-order chi connectivity index (χ1) is 7.68. The van der Waals surface area contributed by atoms with Crippen molar-refractivity contribution in [3.8, 4) is 0 Å². The highest BCUT2D eigenvalue weighted by Gasteiger charge is 2.13. The Bertz CT molecular complexity index is 401. The standard InChI is InChI=1S/C13H16FNO/c1-10(16)11-5-6-13(12(14)9-11)15-7-3-2-4-8-15/h2-3,5-6,9-10,16H,4,7-8H2,1H3/t10-/m1/s1. The second-order valence-corrected chi connectivity index (χ2v) is 4.09. The summed E-state index contributed by atoms with van der Waals surface area (Å²) in [5.41, 5.74) is 1.24. The molecule has 1 atom stereocenters. The lowest BCUT2D eigenvalue weighted by Gasteiger charge is -2.26. The first-order valence-corrected chi connectivity index (χ1v) is 5.56. The van der Waals surface area contributed by atoms with Crippen LogP contribution in [0.25, 0.3) is 0 Å². The van der Waals surface area contributed by atoms with Crippen molar-refractivity contribution in [2.75, 3.05) is 18.0 Å². The first-order valence-electron chi connectivity index (χ1n) is 5.56. The second-order valence-electron chi connectivity index (χ2n) is 4.09. The summed E-state index contributed by atoms with van der Waals surface area (Å²) in [5, 5.41) is 9.36. The third kappa shape index (κ3) is 2.25. The Morgan fingerprint density at radius 1 is 1.38 bits per heavy atom. The largest absolute Gasteiger partial charge is 0.389 e. The van der Waals surface area contributed by atoms with Crippen LogP contribution in [0.2, 0.25) is 0 Å². The van der Waals surface area contributed by atoms with Crippen molar-refractivity contribution in [1.82, 2.24) is 0 Å². The molecule has 1 N–H and O–H groups in total. The topological polar surface area (TPSA) is 23.5 Å². The van der Waals surface area contributed by atoms with Gasteiger partial charge < -0.3 is 10.0 Å². The van der Waals surface area contributed by atoms with Gasteiger partial charge in [-0.25, -0.2) is 4.39 Å². The minimum Gasteiger partial charge on any atom is -0.389 e. The van der Waals surface area contributed by atoms with Crippen LogP contribution in [-0.2, 0) is 0 Å². The van der Waals surface area contributed by atoms with Crippen LogP contribution in [0.5, 0.6) is 0 Å². The minimum atomic E-state index is -0.621. The highest BCUT2D eigenvalue weighted by Crippen LogP contribution is 2.24. The van der Waals surface area contributed by atoms with Gasteiger partial charge in [0.05, 0.1) is 11.8 Å². The highest BCUT2D eigenvalue weighted by molar-refractivity contribution is 5.50. The van der Waals surface area contributed by atoms with Crippen molar-refractivity contribution in [2.24, 2.45) is 0 Å². The second kappa shape index (κ2) is 4.66. The molecule has 0 unspecified atom stereocenters. The van der Waals surface area contributed by atoms with Gasteiger partial charge in [-0.15, -0.1) is 0 Å². The summed E-state index contributed by atoms with van der Waals surface area (Å²) >= 11 is 0. The number of halogens is 1. The van der Waals surface area contributed by atoms with Crippen LogP contribution in [0.1, 0.15) is 25.0 Å². The summed E-state index contributed by atoms with van der Waals surface area (Å²) in [4.78, 5) is 2.00. The molecule has 1 aliphatic heterocycles. The summed E-state index contributed by atoms with van der Waals surface area (Å²) in [6.07, 6.45) is 4.49. The molecule has 0 amide bonds. The molecule has 1 heterocycles. The molecule has 0 spiro atoms. The third-order valence-corrected chi connectivity index (χ3v) is 2.85. The zero-order valence-corrected chi connectivity index (χ0v) is 9.36.